The molecule has 1 unspecified atom stereocenters. The summed E-state index contributed by atoms with van der Waals surface area (Å²) in [5, 5.41) is 25.3. The van der Waals surface area contributed by atoms with Crippen molar-refractivity contribution < 1.29 is 33.5 Å². The van der Waals surface area contributed by atoms with E-state index < -0.39 is 34.3 Å². The van der Waals surface area contributed by atoms with Crippen molar-refractivity contribution in [2.24, 2.45) is 0 Å². The highest BCUT2D eigenvalue weighted by atomic mass is 19.1. The Morgan fingerprint density at radius 2 is 1.83 bits per heavy atom. The zero-order chi connectivity index (χ0) is 21.6. The molecule has 0 spiro atoms. The molecular formula is C18H18FN3O7. The topological polar surface area (TPSA) is 140 Å². The van der Waals surface area contributed by atoms with Gasteiger partial charge in [-0.25, -0.2) is 0 Å². The lowest BCUT2D eigenvalue weighted by molar-refractivity contribution is -0.387. The second kappa shape index (κ2) is 9.46. The Labute approximate surface area is 164 Å². The summed E-state index contributed by atoms with van der Waals surface area (Å²) < 4.78 is 23.5. The molecule has 2 amide bonds. The van der Waals surface area contributed by atoms with Gasteiger partial charge in [-0.2, -0.15) is 4.39 Å². The van der Waals surface area contributed by atoms with Crippen molar-refractivity contribution in [2.75, 3.05) is 26.1 Å². The van der Waals surface area contributed by atoms with Crippen LogP contribution in [0.1, 0.15) is 11.7 Å². The minimum Gasteiger partial charge on any atom is -0.493 e. The predicted molar refractivity (Wildman–Crippen MR) is 99.2 cm³/mol. The van der Waals surface area contributed by atoms with Gasteiger partial charge in [0.25, 0.3) is 0 Å². The number of rotatable bonds is 7. The molecule has 3 N–H and O–H groups in total. The van der Waals surface area contributed by atoms with Crippen LogP contribution in [-0.2, 0) is 9.59 Å². The van der Waals surface area contributed by atoms with Gasteiger partial charge < -0.3 is 25.2 Å². The molecule has 154 valence electrons. The van der Waals surface area contributed by atoms with Crippen molar-refractivity contribution in [2.45, 2.75) is 6.10 Å². The fraction of sp³-hybridized carbons (Fsp3) is 0.222. The highest BCUT2D eigenvalue weighted by Crippen LogP contribution is 2.29. The Morgan fingerprint density at radius 1 is 1.14 bits per heavy atom. The number of aliphatic hydroxyl groups is 1. The third-order valence-corrected chi connectivity index (χ3v) is 3.86. The van der Waals surface area contributed by atoms with E-state index in [1.807, 2.05) is 0 Å². The van der Waals surface area contributed by atoms with Crippen LogP contribution in [0.2, 0.25) is 0 Å². The molecule has 0 heterocycles. The molecule has 0 aliphatic carbocycles. The van der Waals surface area contributed by atoms with Crippen LogP contribution in [0, 0.1) is 15.9 Å². The lowest BCUT2D eigenvalue weighted by atomic mass is 10.1. The Balaban J connectivity index is 1.97. The number of anilines is 1. The fourth-order valence-corrected chi connectivity index (χ4v) is 2.37. The number of nitrogens with zero attached hydrogens (tertiary/aromatic N) is 1. The van der Waals surface area contributed by atoms with Crippen molar-refractivity contribution in [3.05, 3.63) is 57.9 Å². The number of benzene rings is 2. The zero-order valence-corrected chi connectivity index (χ0v) is 15.5. The summed E-state index contributed by atoms with van der Waals surface area (Å²) in [7, 11) is 2.89. The molecule has 0 saturated heterocycles. The van der Waals surface area contributed by atoms with E-state index in [-0.39, 0.29) is 12.2 Å². The summed E-state index contributed by atoms with van der Waals surface area (Å²) in [5.74, 6) is -2.45. The van der Waals surface area contributed by atoms with Gasteiger partial charge in [0.05, 0.1) is 25.2 Å². The van der Waals surface area contributed by atoms with Crippen molar-refractivity contribution in [1.29, 1.82) is 0 Å². The molecule has 0 aliphatic rings. The van der Waals surface area contributed by atoms with Crippen LogP contribution in [0.15, 0.2) is 36.4 Å². The minimum absolute atomic E-state index is 0.126. The average Bonchev–Trinajstić information content (AvgIpc) is 2.72. The highest BCUT2D eigenvalue weighted by molar-refractivity contribution is 6.39. The van der Waals surface area contributed by atoms with Gasteiger partial charge in [-0.05, 0) is 29.8 Å². The molecule has 2 aromatic rings. The van der Waals surface area contributed by atoms with E-state index in [4.69, 9.17) is 9.47 Å². The minimum atomic E-state index is -1.14. The van der Waals surface area contributed by atoms with Crippen LogP contribution in [0.3, 0.4) is 0 Å². The van der Waals surface area contributed by atoms with Gasteiger partial charge in [0.1, 0.15) is 0 Å². The zero-order valence-electron chi connectivity index (χ0n) is 15.5. The maximum Gasteiger partial charge on any atom is 0.313 e. The number of nitrogens with one attached hydrogen (secondary N) is 2. The van der Waals surface area contributed by atoms with E-state index in [2.05, 4.69) is 10.6 Å². The van der Waals surface area contributed by atoms with Crippen molar-refractivity contribution in [3.63, 3.8) is 0 Å². The van der Waals surface area contributed by atoms with Crippen molar-refractivity contribution in [3.8, 4) is 11.5 Å². The van der Waals surface area contributed by atoms with Crippen LogP contribution in [-0.4, -0.2) is 42.6 Å². The van der Waals surface area contributed by atoms with Crippen molar-refractivity contribution >= 4 is 23.2 Å². The lowest BCUT2D eigenvalue weighted by Crippen LogP contribution is -2.37. The second-order valence-corrected chi connectivity index (χ2v) is 5.72. The Kier molecular flexibility index (Phi) is 7.04. The quantitative estimate of drug-likeness (QED) is 0.359. The van der Waals surface area contributed by atoms with E-state index >= 15 is 0 Å². The summed E-state index contributed by atoms with van der Waals surface area (Å²) in [6.07, 6.45) is -1.14. The number of carbonyl (C=O) groups is 2. The molecule has 10 nitrogen and oxygen atoms in total. The Morgan fingerprint density at radius 3 is 2.45 bits per heavy atom. The third kappa shape index (κ3) is 5.39. The first kappa shape index (κ1) is 21.6. The fourth-order valence-electron chi connectivity index (χ4n) is 2.37. The second-order valence-electron chi connectivity index (χ2n) is 5.72. The number of amides is 2. The average molecular weight is 407 g/mol. The molecule has 1 atom stereocenters. The number of nitro groups is 1. The van der Waals surface area contributed by atoms with Crippen LogP contribution in [0.4, 0.5) is 15.8 Å². The SMILES string of the molecule is COc1ccc(C(O)CNC(=O)C(=O)Nc2ccc(F)c([N+](=O)[O-])c2)cc1OC. The molecule has 11 heteroatoms. The monoisotopic (exact) mass is 407 g/mol. The normalized spacial score (nSPS) is 11.3. The van der Waals surface area contributed by atoms with E-state index in [9.17, 15) is 29.2 Å². The number of hydrogen-bond acceptors (Lipinski definition) is 7. The molecular weight excluding hydrogens is 389 g/mol. The largest absolute Gasteiger partial charge is 0.493 e. The molecule has 0 fully saturated rings. The molecule has 0 saturated carbocycles. The summed E-state index contributed by atoms with van der Waals surface area (Å²) >= 11 is 0. The Hall–Kier alpha value is -3.73. The number of hydrogen-bond donors (Lipinski definition) is 3. The number of carbonyl (C=O) groups excluding carboxylic acids is 2. The van der Waals surface area contributed by atoms with E-state index in [0.29, 0.717) is 17.1 Å². The van der Waals surface area contributed by atoms with E-state index in [1.54, 1.807) is 12.1 Å². The summed E-state index contributed by atoms with van der Waals surface area (Å²) in [6.45, 7) is -0.286. The van der Waals surface area contributed by atoms with Gasteiger partial charge in [-0.1, -0.05) is 6.07 Å². The number of methoxy groups -OCH3 is 2. The molecule has 2 aromatic carbocycles. The number of halogens is 1. The molecule has 2 rings (SSSR count). The third-order valence-electron chi connectivity index (χ3n) is 3.86. The molecule has 29 heavy (non-hydrogen) atoms. The lowest BCUT2D eigenvalue weighted by Gasteiger charge is -2.15. The van der Waals surface area contributed by atoms with Gasteiger partial charge >= 0.3 is 17.5 Å². The van der Waals surface area contributed by atoms with Gasteiger partial charge in [0.15, 0.2) is 11.5 Å². The molecule has 0 aliphatic heterocycles. The molecule has 0 radical (unpaired) electrons. The smallest absolute Gasteiger partial charge is 0.313 e. The number of nitro benzene ring substituents is 1. The maximum absolute atomic E-state index is 13.3. The molecule has 0 aromatic heterocycles. The van der Waals surface area contributed by atoms with Crippen LogP contribution < -0.4 is 20.1 Å². The van der Waals surface area contributed by atoms with Gasteiger partial charge in [-0.15, -0.1) is 0 Å². The molecule has 0 bridgehead atoms. The highest BCUT2D eigenvalue weighted by Gasteiger charge is 2.19. The van der Waals surface area contributed by atoms with Gasteiger partial charge in [-0.3, -0.25) is 19.7 Å². The van der Waals surface area contributed by atoms with Crippen molar-refractivity contribution in [1.82, 2.24) is 5.32 Å². The summed E-state index contributed by atoms with van der Waals surface area (Å²) in [5.41, 5.74) is -0.553. The van der Waals surface area contributed by atoms with Gasteiger partial charge in [0, 0.05) is 18.3 Å². The first-order valence-corrected chi connectivity index (χ1v) is 8.20. The predicted octanol–water partition coefficient (Wildman–Crippen LogP) is 1.54. The van der Waals surface area contributed by atoms with E-state index in [1.165, 1.54) is 20.3 Å². The van der Waals surface area contributed by atoms with Crippen LogP contribution in [0.25, 0.3) is 0 Å². The number of ether oxygens (including phenoxy) is 2. The summed E-state index contributed by atoms with van der Waals surface area (Å²) in [6, 6.07) is 7.33. The van der Waals surface area contributed by atoms with E-state index in [0.717, 1.165) is 18.2 Å². The van der Waals surface area contributed by atoms with Crippen LogP contribution >= 0.6 is 0 Å². The van der Waals surface area contributed by atoms with Gasteiger partial charge in [0.2, 0.25) is 5.82 Å². The standard InChI is InChI=1S/C18H18FN3O7/c1-28-15-6-3-10(7-16(15)29-2)14(23)9-20-17(24)18(25)21-11-4-5-12(19)13(8-11)22(26)27/h3-8,14,23H,9H2,1-2H3,(H,20,24)(H,21,25). The first-order chi connectivity index (χ1) is 13.8. The Bertz CT molecular complexity index is 936. The van der Waals surface area contributed by atoms with Crippen LogP contribution in [0.5, 0.6) is 11.5 Å². The number of aliphatic hydroxyl groups excluding tert-OH is 1. The maximum atomic E-state index is 13.3. The summed E-state index contributed by atoms with van der Waals surface area (Å²) in [4.78, 5) is 33.6. The first-order valence-electron chi connectivity index (χ1n) is 8.20.